The van der Waals surface area contributed by atoms with Gasteiger partial charge >= 0.3 is 0 Å². The molecule has 1 atom stereocenters. The van der Waals surface area contributed by atoms with Gasteiger partial charge < -0.3 is 10.2 Å². The molecule has 0 aromatic carbocycles. The van der Waals surface area contributed by atoms with Crippen LogP contribution >= 0.6 is 0 Å². The first-order valence-electron chi connectivity index (χ1n) is 5.31. The molecule has 3 heteroatoms. The Morgan fingerprint density at radius 2 is 2.31 bits per heavy atom. The van der Waals surface area contributed by atoms with Gasteiger partial charge in [0, 0.05) is 13.1 Å². The Balaban J connectivity index is 2.42. The van der Waals surface area contributed by atoms with Crippen molar-refractivity contribution in [2.45, 2.75) is 39.2 Å². The summed E-state index contributed by atoms with van der Waals surface area (Å²) in [6.45, 7) is 6.89. The Hall–Kier alpha value is -0.570. The predicted octanol–water partition coefficient (Wildman–Crippen LogP) is 0.997. The van der Waals surface area contributed by atoms with E-state index in [2.05, 4.69) is 12.2 Å². The molecule has 0 aromatic rings. The first-order valence-corrected chi connectivity index (χ1v) is 5.31. The smallest absolute Gasteiger partial charge is 0.239 e. The number of nitrogens with zero attached hydrogens (tertiary/aromatic N) is 1. The standard InChI is InChI=1S/C10H20N2O/c1-3-8-12(4-2)10(13)9-6-5-7-11-9/h9,11H,3-8H2,1-2H3/t9-/m0/s1. The van der Waals surface area contributed by atoms with Crippen molar-refractivity contribution in [3.8, 4) is 0 Å². The second kappa shape index (κ2) is 5.22. The molecule has 1 rings (SSSR count). The molecule has 1 amide bonds. The minimum absolute atomic E-state index is 0.103. The van der Waals surface area contributed by atoms with E-state index in [1.54, 1.807) is 0 Å². The highest BCUT2D eigenvalue weighted by atomic mass is 16.2. The molecule has 0 bridgehead atoms. The fourth-order valence-corrected chi connectivity index (χ4v) is 1.81. The lowest BCUT2D eigenvalue weighted by Crippen LogP contribution is -2.43. The van der Waals surface area contributed by atoms with E-state index in [1.807, 2.05) is 11.8 Å². The third kappa shape index (κ3) is 2.69. The Bertz CT molecular complexity index is 164. The van der Waals surface area contributed by atoms with Gasteiger partial charge in [-0.1, -0.05) is 6.92 Å². The van der Waals surface area contributed by atoms with Crippen molar-refractivity contribution in [1.29, 1.82) is 0 Å². The summed E-state index contributed by atoms with van der Waals surface area (Å²) in [5.74, 6) is 0.293. The van der Waals surface area contributed by atoms with E-state index in [0.717, 1.165) is 38.9 Å². The Morgan fingerprint density at radius 3 is 2.77 bits per heavy atom. The van der Waals surface area contributed by atoms with Crippen LogP contribution in [0.4, 0.5) is 0 Å². The summed E-state index contributed by atoms with van der Waals surface area (Å²) in [7, 11) is 0. The van der Waals surface area contributed by atoms with Crippen molar-refractivity contribution in [2.24, 2.45) is 0 Å². The van der Waals surface area contributed by atoms with Gasteiger partial charge in [-0.2, -0.15) is 0 Å². The normalized spacial score (nSPS) is 21.8. The molecule has 76 valence electrons. The van der Waals surface area contributed by atoms with Crippen LogP contribution in [0.15, 0.2) is 0 Å². The van der Waals surface area contributed by atoms with Crippen LogP contribution < -0.4 is 5.32 Å². The molecule has 0 unspecified atom stereocenters. The third-order valence-electron chi connectivity index (χ3n) is 2.55. The molecular weight excluding hydrogens is 164 g/mol. The zero-order chi connectivity index (χ0) is 9.68. The molecule has 13 heavy (non-hydrogen) atoms. The number of nitrogens with one attached hydrogen (secondary N) is 1. The second-order valence-electron chi connectivity index (χ2n) is 3.57. The van der Waals surface area contributed by atoms with Crippen molar-refractivity contribution < 1.29 is 4.79 Å². The molecule has 1 fully saturated rings. The summed E-state index contributed by atoms with van der Waals surface area (Å²) in [5.41, 5.74) is 0. The molecule has 1 N–H and O–H groups in total. The van der Waals surface area contributed by atoms with E-state index >= 15 is 0 Å². The van der Waals surface area contributed by atoms with Crippen LogP contribution in [0, 0.1) is 0 Å². The van der Waals surface area contributed by atoms with Crippen LogP contribution in [0.3, 0.4) is 0 Å². The minimum atomic E-state index is 0.103. The Labute approximate surface area is 80.5 Å². The highest BCUT2D eigenvalue weighted by Crippen LogP contribution is 2.08. The summed E-state index contributed by atoms with van der Waals surface area (Å²) >= 11 is 0. The monoisotopic (exact) mass is 184 g/mol. The van der Waals surface area contributed by atoms with Gasteiger partial charge in [0.25, 0.3) is 0 Å². The predicted molar refractivity (Wildman–Crippen MR) is 53.6 cm³/mol. The van der Waals surface area contributed by atoms with Gasteiger partial charge in [-0.3, -0.25) is 4.79 Å². The highest BCUT2D eigenvalue weighted by molar-refractivity contribution is 5.82. The number of hydrogen-bond donors (Lipinski definition) is 1. The summed E-state index contributed by atoms with van der Waals surface area (Å²) in [5, 5.41) is 3.24. The lowest BCUT2D eigenvalue weighted by atomic mass is 10.2. The molecule has 0 spiro atoms. The fraction of sp³-hybridized carbons (Fsp3) is 0.900. The van der Waals surface area contributed by atoms with E-state index < -0.39 is 0 Å². The number of carbonyl (C=O) groups is 1. The molecule has 0 aromatic heterocycles. The van der Waals surface area contributed by atoms with Crippen molar-refractivity contribution in [3.05, 3.63) is 0 Å². The van der Waals surface area contributed by atoms with Gasteiger partial charge in [0.05, 0.1) is 6.04 Å². The molecule has 1 saturated heterocycles. The lowest BCUT2D eigenvalue weighted by molar-refractivity contribution is -0.132. The van der Waals surface area contributed by atoms with Crippen LogP contribution in [-0.4, -0.2) is 36.5 Å². The molecule has 1 heterocycles. The summed E-state index contributed by atoms with van der Waals surface area (Å²) < 4.78 is 0. The van der Waals surface area contributed by atoms with Crippen molar-refractivity contribution in [2.75, 3.05) is 19.6 Å². The van der Waals surface area contributed by atoms with E-state index in [0.29, 0.717) is 5.91 Å². The zero-order valence-corrected chi connectivity index (χ0v) is 8.68. The largest absolute Gasteiger partial charge is 0.342 e. The maximum absolute atomic E-state index is 11.8. The summed E-state index contributed by atoms with van der Waals surface area (Å²) in [4.78, 5) is 13.8. The zero-order valence-electron chi connectivity index (χ0n) is 8.68. The molecule has 3 nitrogen and oxygen atoms in total. The van der Waals surface area contributed by atoms with Crippen molar-refractivity contribution in [3.63, 3.8) is 0 Å². The van der Waals surface area contributed by atoms with E-state index in [1.165, 1.54) is 0 Å². The number of rotatable bonds is 4. The van der Waals surface area contributed by atoms with Crippen LogP contribution in [0.1, 0.15) is 33.1 Å². The van der Waals surface area contributed by atoms with Gasteiger partial charge in [-0.25, -0.2) is 0 Å². The van der Waals surface area contributed by atoms with Crippen LogP contribution in [0.5, 0.6) is 0 Å². The van der Waals surface area contributed by atoms with E-state index in [4.69, 9.17) is 0 Å². The minimum Gasteiger partial charge on any atom is -0.342 e. The van der Waals surface area contributed by atoms with Crippen LogP contribution in [0.2, 0.25) is 0 Å². The molecular formula is C10H20N2O. The molecule has 0 aliphatic carbocycles. The first kappa shape index (κ1) is 10.5. The first-order chi connectivity index (χ1) is 6.29. The second-order valence-corrected chi connectivity index (χ2v) is 3.57. The SMILES string of the molecule is CCCN(CC)C(=O)[C@@H]1CCCN1. The van der Waals surface area contributed by atoms with Crippen molar-refractivity contribution in [1.82, 2.24) is 10.2 Å². The van der Waals surface area contributed by atoms with Crippen LogP contribution in [-0.2, 0) is 4.79 Å². The molecule has 0 radical (unpaired) electrons. The number of carbonyl (C=O) groups excluding carboxylic acids is 1. The van der Waals surface area contributed by atoms with Gasteiger partial charge in [-0.15, -0.1) is 0 Å². The van der Waals surface area contributed by atoms with E-state index in [-0.39, 0.29) is 6.04 Å². The van der Waals surface area contributed by atoms with Gasteiger partial charge in [-0.05, 0) is 32.7 Å². The average Bonchev–Trinajstić information content (AvgIpc) is 2.65. The summed E-state index contributed by atoms with van der Waals surface area (Å²) in [6, 6.07) is 0.103. The summed E-state index contributed by atoms with van der Waals surface area (Å²) in [6.07, 6.45) is 3.20. The number of hydrogen-bond acceptors (Lipinski definition) is 2. The highest BCUT2D eigenvalue weighted by Gasteiger charge is 2.25. The van der Waals surface area contributed by atoms with Crippen molar-refractivity contribution >= 4 is 5.91 Å². The lowest BCUT2D eigenvalue weighted by Gasteiger charge is -2.23. The number of likely N-dealkylation sites (N-methyl/N-ethyl adjacent to an activating group) is 1. The molecule has 1 aliphatic heterocycles. The Kier molecular flexibility index (Phi) is 4.22. The quantitative estimate of drug-likeness (QED) is 0.707. The van der Waals surface area contributed by atoms with Gasteiger partial charge in [0.15, 0.2) is 0 Å². The van der Waals surface area contributed by atoms with Gasteiger partial charge in [0.1, 0.15) is 0 Å². The Morgan fingerprint density at radius 1 is 1.54 bits per heavy atom. The number of amides is 1. The fourth-order valence-electron chi connectivity index (χ4n) is 1.81. The van der Waals surface area contributed by atoms with Crippen LogP contribution in [0.25, 0.3) is 0 Å². The molecule has 0 saturated carbocycles. The maximum atomic E-state index is 11.8. The maximum Gasteiger partial charge on any atom is 0.239 e. The average molecular weight is 184 g/mol. The molecule has 1 aliphatic rings. The third-order valence-corrected chi connectivity index (χ3v) is 2.55. The topological polar surface area (TPSA) is 32.3 Å². The van der Waals surface area contributed by atoms with E-state index in [9.17, 15) is 4.79 Å². The van der Waals surface area contributed by atoms with Gasteiger partial charge in [0.2, 0.25) is 5.91 Å².